The minimum atomic E-state index is -0.816. The predicted octanol–water partition coefficient (Wildman–Crippen LogP) is 6.41. The summed E-state index contributed by atoms with van der Waals surface area (Å²) in [5.74, 6) is -0.450. The number of fused-ring (bicyclic) bond motifs is 1. The van der Waals surface area contributed by atoms with Gasteiger partial charge in [-0.2, -0.15) is 0 Å². The number of carbonyl (C=O) groups is 2. The van der Waals surface area contributed by atoms with Crippen molar-refractivity contribution in [2.75, 3.05) is 6.54 Å². The molecule has 0 saturated carbocycles. The molecular formula is C34H29N3O4. The Balaban J connectivity index is 1.47. The number of rotatable bonds is 7. The van der Waals surface area contributed by atoms with Crippen molar-refractivity contribution in [2.24, 2.45) is 0 Å². The minimum absolute atomic E-state index is 0.0177. The van der Waals surface area contributed by atoms with Gasteiger partial charge in [0.15, 0.2) is 5.76 Å². The average Bonchev–Trinajstić information content (AvgIpc) is 3.47. The number of aryl methyl sites for hydroxylation is 2. The number of aliphatic hydroxyl groups excluding tert-OH is 1. The zero-order valence-corrected chi connectivity index (χ0v) is 22.8. The van der Waals surface area contributed by atoms with Crippen LogP contribution in [-0.4, -0.2) is 37.6 Å². The third-order valence-corrected chi connectivity index (χ3v) is 7.49. The quantitative estimate of drug-likeness (QED) is 0.146. The van der Waals surface area contributed by atoms with Crippen molar-refractivity contribution >= 4 is 23.1 Å². The maximum Gasteiger partial charge on any atom is 0.295 e. The molecule has 1 aliphatic rings. The summed E-state index contributed by atoms with van der Waals surface area (Å²) in [6.07, 6.45) is 2.42. The lowest BCUT2D eigenvalue weighted by Crippen LogP contribution is -2.31. The number of likely N-dealkylation sites (tertiary alicyclic amines) is 1. The van der Waals surface area contributed by atoms with Crippen molar-refractivity contribution in [3.63, 3.8) is 0 Å². The highest BCUT2D eigenvalue weighted by molar-refractivity contribution is 6.46. The van der Waals surface area contributed by atoms with Crippen molar-refractivity contribution in [3.05, 3.63) is 137 Å². The molecule has 7 nitrogen and oxygen atoms in total. The Morgan fingerprint density at radius 3 is 2.32 bits per heavy atom. The van der Waals surface area contributed by atoms with Crippen LogP contribution in [0.2, 0.25) is 0 Å². The van der Waals surface area contributed by atoms with Crippen LogP contribution in [0, 0.1) is 13.8 Å². The SMILES string of the molecule is Cc1cccn2c(C)c(/C(O)=C3\C(=O)C(=O)N(CCc4ccccc4)C3c3cccc(Oc4ccccc4)c3)nc12. The first-order chi connectivity index (χ1) is 19.9. The van der Waals surface area contributed by atoms with Gasteiger partial charge >= 0.3 is 0 Å². The zero-order valence-electron chi connectivity index (χ0n) is 22.8. The van der Waals surface area contributed by atoms with E-state index in [1.54, 1.807) is 4.90 Å². The molecule has 6 rings (SSSR count). The number of hydrogen-bond acceptors (Lipinski definition) is 5. The van der Waals surface area contributed by atoms with Crippen LogP contribution in [0.5, 0.6) is 11.5 Å². The van der Waals surface area contributed by atoms with Gasteiger partial charge in [0.1, 0.15) is 22.8 Å². The summed E-state index contributed by atoms with van der Waals surface area (Å²) < 4.78 is 7.94. The normalized spacial score (nSPS) is 16.4. The number of Topliss-reactive ketones (excluding diaryl/α,β-unsaturated/α-hetero) is 1. The van der Waals surface area contributed by atoms with Gasteiger partial charge < -0.3 is 19.1 Å². The third kappa shape index (κ3) is 4.87. The van der Waals surface area contributed by atoms with Crippen molar-refractivity contribution in [3.8, 4) is 11.5 Å². The largest absolute Gasteiger partial charge is 0.505 e. The highest BCUT2D eigenvalue weighted by Gasteiger charge is 2.46. The van der Waals surface area contributed by atoms with Crippen LogP contribution in [0.4, 0.5) is 0 Å². The Hall–Kier alpha value is -5.17. The summed E-state index contributed by atoms with van der Waals surface area (Å²) in [6.45, 7) is 4.07. The summed E-state index contributed by atoms with van der Waals surface area (Å²) in [5.41, 5.74) is 4.29. The van der Waals surface area contributed by atoms with Gasteiger partial charge in [0.25, 0.3) is 11.7 Å². The summed E-state index contributed by atoms with van der Waals surface area (Å²) >= 11 is 0. The van der Waals surface area contributed by atoms with E-state index in [1.807, 2.05) is 122 Å². The summed E-state index contributed by atoms with van der Waals surface area (Å²) in [6, 6.07) is 29.5. The van der Waals surface area contributed by atoms with E-state index in [1.165, 1.54) is 0 Å². The Labute approximate surface area is 238 Å². The van der Waals surface area contributed by atoms with E-state index in [0.29, 0.717) is 41.4 Å². The van der Waals surface area contributed by atoms with Crippen molar-refractivity contribution in [1.82, 2.24) is 14.3 Å². The van der Waals surface area contributed by atoms with E-state index < -0.39 is 17.7 Å². The molecule has 0 radical (unpaired) electrons. The number of carbonyl (C=O) groups excluding carboxylic acids is 2. The van der Waals surface area contributed by atoms with Gasteiger partial charge in [0.2, 0.25) is 0 Å². The molecule has 5 aromatic rings. The highest BCUT2D eigenvalue weighted by Crippen LogP contribution is 2.41. The molecule has 1 amide bonds. The Kier molecular flexibility index (Phi) is 6.85. The first-order valence-corrected chi connectivity index (χ1v) is 13.5. The van der Waals surface area contributed by atoms with Crippen molar-refractivity contribution in [2.45, 2.75) is 26.3 Å². The molecule has 41 heavy (non-hydrogen) atoms. The fraction of sp³-hybridized carbons (Fsp3) is 0.147. The smallest absolute Gasteiger partial charge is 0.295 e. The topological polar surface area (TPSA) is 84.1 Å². The number of ether oxygens (including phenoxy) is 1. The monoisotopic (exact) mass is 543 g/mol. The number of ketones is 1. The lowest BCUT2D eigenvalue weighted by Gasteiger charge is -2.25. The van der Waals surface area contributed by atoms with Gasteiger partial charge in [-0.25, -0.2) is 4.98 Å². The number of imidazole rings is 1. The van der Waals surface area contributed by atoms with Gasteiger partial charge in [-0.3, -0.25) is 9.59 Å². The second-order valence-corrected chi connectivity index (χ2v) is 10.1. The standard InChI is InChI=1S/C34H29N3O4/c1-22-11-10-19-36-23(2)29(35-33(22)36)31(38)28-30(25-14-9-17-27(21-25)41-26-15-7-4-8-16-26)37(34(40)32(28)39)20-18-24-12-5-3-6-13-24/h3-17,19,21,30,38H,18,20H2,1-2H3/b31-28+. The second kappa shape index (κ2) is 10.8. The molecule has 0 bridgehead atoms. The average molecular weight is 544 g/mol. The summed E-state index contributed by atoms with van der Waals surface area (Å²) in [7, 11) is 0. The number of aromatic nitrogens is 2. The van der Waals surface area contributed by atoms with E-state index in [-0.39, 0.29) is 17.0 Å². The summed E-state index contributed by atoms with van der Waals surface area (Å²) in [4.78, 5) is 33.4. The number of amides is 1. The molecule has 204 valence electrons. The molecule has 1 saturated heterocycles. The number of nitrogens with zero attached hydrogens (tertiary/aromatic N) is 3. The van der Waals surface area contributed by atoms with Gasteiger partial charge in [-0.1, -0.05) is 66.7 Å². The van der Waals surface area contributed by atoms with Crippen LogP contribution in [0.3, 0.4) is 0 Å². The lowest BCUT2D eigenvalue weighted by molar-refractivity contribution is -0.139. The van der Waals surface area contributed by atoms with E-state index in [2.05, 4.69) is 4.98 Å². The van der Waals surface area contributed by atoms with Crippen LogP contribution in [0.15, 0.2) is 109 Å². The van der Waals surface area contributed by atoms with E-state index >= 15 is 0 Å². The Morgan fingerprint density at radius 1 is 0.878 bits per heavy atom. The van der Waals surface area contributed by atoms with E-state index in [4.69, 9.17) is 4.74 Å². The summed E-state index contributed by atoms with van der Waals surface area (Å²) in [5, 5.41) is 11.7. The number of pyridine rings is 1. The minimum Gasteiger partial charge on any atom is -0.505 e. The fourth-order valence-corrected chi connectivity index (χ4v) is 5.40. The molecule has 1 atom stereocenters. The van der Waals surface area contributed by atoms with Gasteiger partial charge in [-0.15, -0.1) is 0 Å². The van der Waals surface area contributed by atoms with Gasteiger partial charge in [0, 0.05) is 12.7 Å². The Morgan fingerprint density at radius 2 is 1.59 bits per heavy atom. The molecule has 3 aromatic carbocycles. The number of hydrogen-bond donors (Lipinski definition) is 1. The van der Waals surface area contributed by atoms with Gasteiger partial charge in [0.05, 0.1) is 17.3 Å². The van der Waals surface area contributed by atoms with Crippen molar-refractivity contribution < 1.29 is 19.4 Å². The molecule has 1 fully saturated rings. The molecule has 0 spiro atoms. The van der Waals surface area contributed by atoms with E-state index in [0.717, 1.165) is 11.1 Å². The molecular weight excluding hydrogens is 514 g/mol. The van der Waals surface area contributed by atoms with Crippen LogP contribution in [0.25, 0.3) is 11.4 Å². The molecule has 3 heterocycles. The lowest BCUT2D eigenvalue weighted by atomic mass is 9.96. The van der Waals surface area contributed by atoms with E-state index in [9.17, 15) is 14.7 Å². The van der Waals surface area contributed by atoms with Crippen molar-refractivity contribution in [1.29, 1.82) is 0 Å². The van der Waals surface area contributed by atoms with Crippen LogP contribution in [0.1, 0.15) is 34.1 Å². The maximum absolute atomic E-state index is 13.6. The molecule has 1 aliphatic heterocycles. The number of aliphatic hydroxyl groups is 1. The first kappa shape index (κ1) is 26.1. The number of para-hydroxylation sites is 1. The first-order valence-electron chi connectivity index (χ1n) is 13.5. The predicted molar refractivity (Wildman–Crippen MR) is 157 cm³/mol. The maximum atomic E-state index is 13.6. The molecule has 1 unspecified atom stereocenters. The van der Waals surface area contributed by atoms with Crippen LogP contribution in [-0.2, 0) is 16.0 Å². The molecule has 2 aromatic heterocycles. The van der Waals surface area contributed by atoms with Crippen LogP contribution >= 0.6 is 0 Å². The fourth-order valence-electron chi connectivity index (χ4n) is 5.40. The number of benzene rings is 3. The molecule has 1 N–H and O–H groups in total. The molecule has 0 aliphatic carbocycles. The Bertz CT molecular complexity index is 1790. The zero-order chi connectivity index (χ0) is 28.5. The van der Waals surface area contributed by atoms with Gasteiger partial charge in [-0.05, 0) is 67.3 Å². The van der Waals surface area contributed by atoms with Crippen LogP contribution < -0.4 is 4.74 Å². The highest BCUT2D eigenvalue weighted by atomic mass is 16.5. The third-order valence-electron chi connectivity index (χ3n) is 7.49. The second-order valence-electron chi connectivity index (χ2n) is 10.1. The molecule has 7 heteroatoms.